The third-order valence-electron chi connectivity index (χ3n) is 3.68. The number of benzene rings is 2. The molecule has 0 radical (unpaired) electrons. The van der Waals surface area contributed by atoms with Crippen molar-refractivity contribution < 1.29 is 10.3 Å². The molecule has 2 N–H and O–H groups in total. The van der Waals surface area contributed by atoms with Crippen molar-refractivity contribution in [3.63, 3.8) is 0 Å². The smallest absolute Gasteiger partial charge is 0.115 e. The highest BCUT2D eigenvalue weighted by molar-refractivity contribution is 5.89. The van der Waals surface area contributed by atoms with E-state index in [2.05, 4.69) is 17.3 Å². The molecule has 0 aromatic heterocycles. The van der Waals surface area contributed by atoms with E-state index in [1.165, 1.54) is 11.1 Å². The van der Waals surface area contributed by atoms with Gasteiger partial charge in [0.2, 0.25) is 0 Å². The molecule has 0 spiro atoms. The molecule has 0 bridgehead atoms. The van der Waals surface area contributed by atoms with Crippen LogP contribution >= 0.6 is 0 Å². The van der Waals surface area contributed by atoms with Gasteiger partial charge in [0, 0.05) is 18.8 Å². The summed E-state index contributed by atoms with van der Waals surface area (Å²) in [7, 11) is 0. The molecule has 0 saturated carbocycles. The normalized spacial score (nSPS) is 20.2. The fourth-order valence-electron chi connectivity index (χ4n) is 2.78. The Hall–Kier alpha value is -2.29. The van der Waals surface area contributed by atoms with Crippen LogP contribution in [0.15, 0.2) is 53.7 Å². The molecular weight excluding hydrogens is 238 g/mol. The van der Waals surface area contributed by atoms with E-state index in [1.807, 2.05) is 24.3 Å². The van der Waals surface area contributed by atoms with Crippen LogP contribution in [0.4, 0.5) is 0 Å². The summed E-state index contributed by atoms with van der Waals surface area (Å²) in [5, 5.41) is 22.1. The zero-order chi connectivity index (χ0) is 13.2. The molecule has 0 fully saturated rings. The third kappa shape index (κ3) is 2.19. The van der Waals surface area contributed by atoms with Crippen molar-refractivity contribution in [3.8, 4) is 5.75 Å². The van der Waals surface area contributed by atoms with Crippen LogP contribution < -0.4 is 0 Å². The highest BCUT2D eigenvalue weighted by Crippen LogP contribution is 2.36. The number of fused-ring (bicyclic) bond motifs is 1. The standard InChI is InChI=1S/C16H15NO2/c18-14-6-7-15-12(9-14)8-13(17-19)10-16(15)11-4-2-1-3-5-11/h1-7,9,16,18-19H,8,10H2/b17-13-/t16-/m1/s1. The minimum absolute atomic E-state index is 0.191. The summed E-state index contributed by atoms with van der Waals surface area (Å²) in [6, 6.07) is 15.6. The van der Waals surface area contributed by atoms with Gasteiger partial charge in [-0.2, -0.15) is 0 Å². The quantitative estimate of drug-likeness (QED) is 0.605. The topological polar surface area (TPSA) is 52.8 Å². The lowest BCUT2D eigenvalue weighted by Crippen LogP contribution is -2.19. The predicted octanol–water partition coefficient (Wildman–Crippen LogP) is 3.30. The van der Waals surface area contributed by atoms with E-state index in [9.17, 15) is 5.11 Å². The lowest BCUT2D eigenvalue weighted by Gasteiger charge is -2.26. The number of oxime groups is 1. The number of aromatic hydroxyl groups is 1. The summed E-state index contributed by atoms with van der Waals surface area (Å²) in [5.74, 6) is 0.446. The second kappa shape index (κ2) is 4.76. The van der Waals surface area contributed by atoms with Crippen LogP contribution in [0.3, 0.4) is 0 Å². The number of phenolic OH excluding ortho intramolecular Hbond substituents is 1. The van der Waals surface area contributed by atoms with Crippen LogP contribution in [-0.4, -0.2) is 16.0 Å². The van der Waals surface area contributed by atoms with Gasteiger partial charge in [0.25, 0.3) is 0 Å². The van der Waals surface area contributed by atoms with Crippen molar-refractivity contribution in [2.45, 2.75) is 18.8 Å². The number of hydrogen-bond donors (Lipinski definition) is 2. The van der Waals surface area contributed by atoms with Crippen molar-refractivity contribution in [3.05, 3.63) is 65.2 Å². The Balaban J connectivity index is 2.11. The number of nitrogens with zero attached hydrogens (tertiary/aromatic N) is 1. The van der Waals surface area contributed by atoms with Gasteiger partial charge < -0.3 is 10.3 Å². The van der Waals surface area contributed by atoms with Crippen LogP contribution in [0.2, 0.25) is 0 Å². The summed E-state index contributed by atoms with van der Waals surface area (Å²) < 4.78 is 0. The Morgan fingerprint density at radius 3 is 2.58 bits per heavy atom. The summed E-state index contributed by atoms with van der Waals surface area (Å²) in [6.07, 6.45) is 1.32. The average molecular weight is 253 g/mol. The molecule has 2 aromatic carbocycles. The largest absolute Gasteiger partial charge is 0.508 e. The second-order valence-corrected chi connectivity index (χ2v) is 4.89. The molecule has 0 saturated heterocycles. The first-order valence-corrected chi connectivity index (χ1v) is 6.34. The second-order valence-electron chi connectivity index (χ2n) is 4.89. The molecule has 96 valence electrons. The fourth-order valence-corrected chi connectivity index (χ4v) is 2.78. The number of rotatable bonds is 1. The summed E-state index contributed by atoms with van der Waals surface area (Å²) in [4.78, 5) is 0. The molecule has 1 aliphatic rings. The first-order valence-electron chi connectivity index (χ1n) is 6.34. The molecule has 3 heteroatoms. The van der Waals surface area contributed by atoms with E-state index < -0.39 is 0 Å². The molecule has 2 aromatic rings. The monoisotopic (exact) mass is 253 g/mol. The van der Waals surface area contributed by atoms with E-state index >= 15 is 0 Å². The molecule has 0 aliphatic heterocycles. The van der Waals surface area contributed by atoms with Gasteiger partial charge in [-0.1, -0.05) is 41.6 Å². The maximum Gasteiger partial charge on any atom is 0.115 e. The Kier molecular flexibility index (Phi) is 2.95. The molecule has 0 amide bonds. The summed E-state index contributed by atoms with van der Waals surface area (Å²) in [5.41, 5.74) is 4.20. The van der Waals surface area contributed by atoms with Gasteiger partial charge in [0.1, 0.15) is 5.75 Å². The van der Waals surface area contributed by atoms with Crippen molar-refractivity contribution >= 4 is 5.71 Å². The van der Waals surface area contributed by atoms with Gasteiger partial charge in [0.05, 0.1) is 5.71 Å². The Morgan fingerprint density at radius 1 is 1.05 bits per heavy atom. The van der Waals surface area contributed by atoms with Gasteiger partial charge in [-0.15, -0.1) is 0 Å². The molecule has 19 heavy (non-hydrogen) atoms. The molecule has 0 heterocycles. The van der Waals surface area contributed by atoms with Crippen LogP contribution in [0.5, 0.6) is 5.75 Å². The van der Waals surface area contributed by atoms with Crippen molar-refractivity contribution in [1.82, 2.24) is 0 Å². The average Bonchev–Trinajstić information content (AvgIpc) is 2.46. The summed E-state index contributed by atoms with van der Waals surface area (Å²) in [6.45, 7) is 0. The van der Waals surface area contributed by atoms with Gasteiger partial charge in [0.15, 0.2) is 0 Å². The SMILES string of the molecule is O/N=C1/Cc2cc(O)ccc2[C@@H](c2ccccc2)C1. The maximum atomic E-state index is 9.60. The van der Waals surface area contributed by atoms with Gasteiger partial charge in [-0.05, 0) is 28.8 Å². The molecule has 3 rings (SSSR count). The van der Waals surface area contributed by atoms with Crippen molar-refractivity contribution in [2.75, 3.05) is 0 Å². The van der Waals surface area contributed by atoms with Crippen LogP contribution in [0.1, 0.15) is 29.0 Å². The molecule has 3 nitrogen and oxygen atoms in total. The number of phenols is 1. The van der Waals surface area contributed by atoms with Gasteiger partial charge >= 0.3 is 0 Å². The maximum absolute atomic E-state index is 9.60. The highest BCUT2D eigenvalue weighted by atomic mass is 16.4. The third-order valence-corrected chi connectivity index (χ3v) is 3.68. The van der Waals surface area contributed by atoms with Crippen molar-refractivity contribution in [1.29, 1.82) is 0 Å². The molecule has 1 atom stereocenters. The molecule has 1 aliphatic carbocycles. The van der Waals surface area contributed by atoms with E-state index in [0.717, 1.165) is 17.7 Å². The van der Waals surface area contributed by atoms with E-state index in [1.54, 1.807) is 12.1 Å². The minimum Gasteiger partial charge on any atom is -0.508 e. The fraction of sp³-hybridized carbons (Fsp3) is 0.188. The summed E-state index contributed by atoms with van der Waals surface area (Å²) >= 11 is 0. The van der Waals surface area contributed by atoms with E-state index in [-0.39, 0.29) is 11.7 Å². The van der Waals surface area contributed by atoms with Gasteiger partial charge in [-0.25, -0.2) is 0 Å². The van der Waals surface area contributed by atoms with Crippen LogP contribution in [0, 0.1) is 0 Å². The lowest BCUT2D eigenvalue weighted by molar-refractivity contribution is 0.315. The minimum atomic E-state index is 0.191. The zero-order valence-electron chi connectivity index (χ0n) is 10.5. The van der Waals surface area contributed by atoms with E-state index in [4.69, 9.17) is 5.21 Å². The first-order chi connectivity index (χ1) is 9.28. The Bertz CT molecular complexity index is 620. The zero-order valence-corrected chi connectivity index (χ0v) is 10.5. The first kappa shape index (κ1) is 11.8. The van der Waals surface area contributed by atoms with Gasteiger partial charge in [-0.3, -0.25) is 0 Å². The van der Waals surface area contributed by atoms with Crippen molar-refractivity contribution in [2.24, 2.45) is 5.16 Å². The Labute approximate surface area is 111 Å². The molecular formula is C16H15NO2. The van der Waals surface area contributed by atoms with E-state index in [0.29, 0.717) is 6.42 Å². The molecule has 0 unspecified atom stereocenters. The van der Waals surface area contributed by atoms with Crippen LogP contribution in [-0.2, 0) is 6.42 Å². The van der Waals surface area contributed by atoms with Crippen LogP contribution in [0.25, 0.3) is 0 Å². The Morgan fingerprint density at radius 2 is 1.84 bits per heavy atom. The number of hydrogen-bond acceptors (Lipinski definition) is 3. The predicted molar refractivity (Wildman–Crippen MR) is 73.9 cm³/mol. The lowest BCUT2D eigenvalue weighted by atomic mass is 9.78. The highest BCUT2D eigenvalue weighted by Gasteiger charge is 2.25.